The van der Waals surface area contributed by atoms with E-state index in [1.54, 1.807) is 32.9 Å². The van der Waals surface area contributed by atoms with Gasteiger partial charge in [0, 0.05) is 0 Å². The van der Waals surface area contributed by atoms with Crippen molar-refractivity contribution in [2.24, 2.45) is 0 Å². The van der Waals surface area contributed by atoms with Crippen molar-refractivity contribution in [3.63, 3.8) is 0 Å². The molecular formula is C20H24O4. The van der Waals surface area contributed by atoms with Crippen molar-refractivity contribution < 1.29 is 19.4 Å². The van der Waals surface area contributed by atoms with Crippen molar-refractivity contribution in [3.8, 4) is 0 Å². The van der Waals surface area contributed by atoms with E-state index in [0.717, 1.165) is 5.56 Å². The van der Waals surface area contributed by atoms with Crippen molar-refractivity contribution in [2.45, 2.75) is 45.2 Å². The highest BCUT2D eigenvalue weighted by atomic mass is 16.6. The molecule has 0 amide bonds. The van der Waals surface area contributed by atoms with Crippen molar-refractivity contribution in [2.75, 3.05) is 0 Å². The molecule has 24 heavy (non-hydrogen) atoms. The van der Waals surface area contributed by atoms with Gasteiger partial charge in [0.2, 0.25) is 0 Å². The van der Waals surface area contributed by atoms with Crippen LogP contribution in [0.3, 0.4) is 0 Å². The van der Waals surface area contributed by atoms with Gasteiger partial charge < -0.3 is 14.6 Å². The Morgan fingerprint density at radius 1 is 1.04 bits per heavy atom. The molecule has 128 valence electrons. The summed E-state index contributed by atoms with van der Waals surface area (Å²) in [5.74, 6) is -0.579. The highest BCUT2D eigenvalue weighted by molar-refractivity contribution is 5.80. The van der Waals surface area contributed by atoms with Crippen LogP contribution in [0.5, 0.6) is 0 Å². The molecule has 4 nitrogen and oxygen atoms in total. The third kappa shape index (κ3) is 4.43. The van der Waals surface area contributed by atoms with Crippen molar-refractivity contribution >= 4 is 5.97 Å². The molecule has 0 heterocycles. The van der Waals surface area contributed by atoms with Crippen LogP contribution in [0, 0.1) is 0 Å². The summed E-state index contributed by atoms with van der Waals surface area (Å²) in [6.07, 6.45) is -1.42. The molecule has 0 fully saturated rings. The maximum atomic E-state index is 12.6. The van der Waals surface area contributed by atoms with E-state index in [-0.39, 0.29) is 12.7 Å². The minimum absolute atomic E-state index is 0.203. The van der Waals surface area contributed by atoms with Gasteiger partial charge in [-0.3, -0.25) is 0 Å². The van der Waals surface area contributed by atoms with Crippen LogP contribution in [0.4, 0.5) is 0 Å². The molecule has 2 aromatic rings. The van der Waals surface area contributed by atoms with Gasteiger partial charge in [-0.05, 0) is 31.9 Å². The zero-order valence-electron chi connectivity index (χ0n) is 14.3. The van der Waals surface area contributed by atoms with Gasteiger partial charge in [0.05, 0.1) is 12.7 Å². The summed E-state index contributed by atoms with van der Waals surface area (Å²) in [7, 11) is 0. The maximum Gasteiger partial charge on any atom is 0.341 e. The molecule has 0 aliphatic heterocycles. The standard InChI is InChI=1S/C20H24O4/c1-15(2)24-19(22)20(3,18(21)17-12-8-5-9-13-17)23-14-16-10-6-4-7-11-16/h4-13,15,18,21H,14H2,1-3H3/t18-,20+/m1/s1. The Balaban J connectivity index is 2.25. The third-order valence-electron chi connectivity index (χ3n) is 3.77. The Morgan fingerprint density at radius 2 is 1.58 bits per heavy atom. The topological polar surface area (TPSA) is 55.8 Å². The van der Waals surface area contributed by atoms with Gasteiger partial charge in [-0.1, -0.05) is 60.7 Å². The van der Waals surface area contributed by atoms with Crippen molar-refractivity contribution in [1.29, 1.82) is 0 Å². The molecule has 0 aliphatic rings. The Labute approximate surface area is 143 Å². The second-order valence-corrected chi connectivity index (χ2v) is 6.15. The first-order valence-corrected chi connectivity index (χ1v) is 8.05. The lowest BCUT2D eigenvalue weighted by atomic mass is 9.92. The minimum Gasteiger partial charge on any atom is -0.461 e. The number of hydrogen-bond acceptors (Lipinski definition) is 4. The van der Waals surface area contributed by atoms with E-state index in [1.165, 1.54) is 0 Å². The average Bonchev–Trinajstić information content (AvgIpc) is 2.60. The van der Waals surface area contributed by atoms with Gasteiger partial charge in [-0.2, -0.15) is 0 Å². The zero-order chi connectivity index (χ0) is 17.6. The SMILES string of the molecule is CC(C)OC(=O)[C@@](C)(OCc1ccccc1)[C@H](O)c1ccccc1. The minimum atomic E-state index is -1.50. The molecule has 0 bridgehead atoms. The number of carbonyl (C=O) groups excluding carboxylic acids is 1. The van der Waals surface area contributed by atoms with E-state index in [0.29, 0.717) is 5.56 Å². The Bertz CT molecular complexity index is 639. The van der Waals surface area contributed by atoms with Crippen LogP contribution in [-0.2, 0) is 20.9 Å². The number of rotatable bonds is 7. The molecule has 0 aliphatic carbocycles. The lowest BCUT2D eigenvalue weighted by Crippen LogP contribution is -2.46. The van der Waals surface area contributed by atoms with E-state index >= 15 is 0 Å². The Kier molecular flexibility index (Phi) is 6.12. The summed E-state index contributed by atoms with van der Waals surface area (Å²) >= 11 is 0. The number of aliphatic hydroxyl groups excluding tert-OH is 1. The molecule has 0 saturated heterocycles. The second-order valence-electron chi connectivity index (χ2n) is 6.15. The first-order chi connectivity index (χ1) is 11.4. The molecular weight excluding hydrogens is 304 g/mol. The Morgan fingerprint density at radius 3 is 2.12 bits per heavy atom. The summed E-state index contributed by atoms with van der Waals surface area (Å²) in [5, 5.41) is 10.8. The number of ether oxygens (including phenoxy) is 2. The molecule has 0 aromatic heterocycles. The summed E-state index contributed by atoms with van der Waals surface area (Å²) in [6, 6.07) is 18.5. The lowest BCUT2D eigenvalue weighted by Gasteiger charge is -2.33. The third-order valence-corrected chi connectivity index (χ3v) is 3.77. The fourth-order valence-corrected chi connectivity index (χ4v) is 2.34. The molecule has 0 saturated carbocycles. The smallest absolute Gasteiger partial charge is 0.341 e. The van der Waals surface area contributed by atoms with E-state index in [1.807, 2.05) is 48.5 Å². The van der Waals surface area contributed by atoms with E-state index in [9.17, 15) is 9.90 Å². The van der Waals surface area contributed by atoms with Crippen molar-refractivity contribution in [1.82, 2.24) is 0 Å². The first kappa shape index (κ1) is 18.2. The van der Waals surface area contributed by atoms with Gasteiger partial charge in [-0.25, -0.2) is 4.79 Å². The van der Waals surface area contributed by atoms with Crippen LogP contribution in [-0.4, -0.2) is 22.8 Å². The molecule has 0 unspecified atom stereocenters. The van der Waals surface area contributed by atoms with Crippen LogP contribution < -0.4 is 0 Å². The highest BCUT2D eigenvalue weighted by Crippen LogP contribution is 2.32. The number of hydrogen-bond donors (Lipinski definition) is 1. The van der Waals surface area contributed by atoms with E-state index in [2.05, 4.69) is 0 Å². The van der Waals surface area contributed by atoms with Gasteiger partial charge in [0.1, 0.15) is 6.10 Å². The predicted octanol–water partition coefficient (Wildman–Crippen LogP) is 3.65. The quantitative estimate of drug-likeness (QED) is 0.788. The Hall–Kier alpha value is -2.17. The largest absolute Gasteiger partial charge is 0.461 e. The summed E-state index contributed by atoms with van der Waals surface area (Å²) < 4.78 is 11.2. The monoisotopic (exact) mass is 328 g/mol. The van der Waals surface area contributed by atoms with Gasteiger partial charge in [-0.15, -0.1) is 0 Å². The van der Waals surface area contributed by atoms with Gasteiger partial charge >= 0.3 is 5.97 Å². The van der Waals surface area contributed by atoms with Gasteiger partial charge in [0.15, 0.2) is 5.60 Å². The molecule has 0 radical (unpaired) electrons. The molecule has 4 heteroatoms. The van der Waals surface area contributed by atoms with Crippen LogP contribution in [0.2, 0.25) is 0 Å². The van der Waals surface area contributed by atoms with Gasteiger partial charge in [0.25, 0.3) is 0 Å². The van der Waals surface area contributed by atoms with E-state index in [4.69, 9.17) is 9.47 Å². The van der Waals surface area contributed by atoms with Crippen molar-refractivity contribution in [3.05, 3.63) is 71.8 Å². The fourth-order valence-electron chi connectivity index (χ4n) is 2.34. The molecule has 0 spiro atoms. The molecule has 1 N–H and O–H groups in total. The van der Waals surface area contributed by atoms with Crippen LogP contribution in [0.15, 0.2) is 60.7 Å². The summed E-state index contributed by atoms with van der Waals surface area (Å²) in [5.41, 5.74) is 0.0247. The van der Waals surface area contributed by atoms with Crippen LogP contribution in [0.25, 0.3) is 0 Å². The zero-order valence-corrected chi connectivity index (χ0v) is 14.3. The summed E-state index contributed by atoms with van der Waals surface area (Å²) in [6.45, 7) is 5.31. The molecule has 2 rings (SSSR count). The van der Waals surface area contributed by atoms with E-state index < -0.39 is 17.7 Å². The highest BCUT2D eigenvalue weighted by Gasteiger charge is 2.44. The second kappa shape index (κ2) is 8.08. The lowest BCUT2D eigenvalue weighted by molar-refractivity contribution is -0.193. The first-order valence-electron chi connectivity index (χ1n) is 8.05. The number of carbonyl (C=O) groups is 1. The normalized spacial score (nSPS) is 14.9. The number of esters is 1. The van der Waals surface area contributed by atoms with Crippen LogP contribution >= 0.6 is 0 Å². The number of aliphatic hydroxyl groups is 1. The molecule has 2 atom stereocenters. The molecule has 2 aromatic carbocycles. The summed E-state index contributed by atoms with van der Waals surface area (Å²) in [4.78, 5) is 12.6. The predicted molar refractivity (Wildman–Crippen MR) is 92.3 cm³/mol. The van der Waals surface area contributed by atoms with Crippen LogP contribution in [0.1, 0.15) is 38.0 Å². The number of benzene rings is 2. The fraction of sp³-hybridized carbons (Fsp3) is 0.350. The maximum absolute atomic E-state index is 12.6. The average molecular weight is 328 g/mol.